The summed E-state index contributed by atoms with van der Waals surface area (Å²) in [5.41, 5.74) is 0.411. The molecular weight excluding hydrogens is 370 g/mol. The zero-order valence-corrected chi connectivity index (χ0v) is 16.2. The molecule has 1 aromatic heterocycles. The number of carbonyl (C=O) groups excluding carboxylic acids is 3. The maximum atomic E-state index is 12.5. The first kappa shape index (κ1) is 20.4. The predicted molar refractivity (Wildman–Crippen MR) is 102 cm³/mol. The molecule has 0 saturated heterocycles. The van der Waals surface area contributed by atoms with Crippen LogP contribution in [0.2, 0.25) is 5.02 Å². The Morgan fingerprint density at radius 2 is 1.74 bits per heavy atom. The van der Waals surface area contributed by atoms with E-state index in [1.54, 1.807) is 0 Å². The predicted octanol–water partition coefficient (Wildman–Crippen LogP) is 3.30. The minimum atomic E-state index is -0.549. The lowest BCUT2D eigenvalue weighted by molar-refractivity contribution is 0.0600. The van der Waals surface area contributed by atoms with Gasteiger partial charge in [0, 0.05) is 17.3 Å². The summed E-state index contributed by atoms with van der Waals surface area (Å²) in [4.78, 5) is 40.4. The Hall–Kier alpha value is -2.93. The van der Waals surface area contributed by atoms with Gasteiger partial charge in [0.25, 0.3) is 11.8 Å². The van der Waals surface area contributed by atoms with E-state index in [-0.39, 0.29) is 33.4 Å². The van der Waals surface area contributed by atoms with Gasteiger partial charge in [0.05, 0.1) is 23.4 Å². The van der Waals surface area contributed by atoms with Gasteiger partial charge < -0.3 is 15.4 Å². The smallest absolute Gasteiger partial charge is 0.337 e. The third-order valence-corrected chi connectivity index (χ3v) is 3.71. The molecule has 0 saturated carbocycles. The third-order valence-electron chi connectivity index (χ3n) is 3.38. The number of rotatable bonds is 4. The highest BCUT2D eigenvalue weighted by Crippen LogP contribution is 2.24. The Labute approximate surface area is 162 Å². The largest absolute Gasteiger partial charge is 0.465 e. The van der Waals surface area contributed by atoms with Gasteiger partial charge in [0.1, 0.15) is 5.69 Å². The lowest BCUT2D eigenvalue weighted by atomic mass is 10.1. The lowest BCUT2D eigenvalue weighted by Crippen LogP contribution is -2.41. The van der Waals surface area contributed by atoms with Crippen LogP contribution >= 0.6 is 11.6 Å². The van der Waals surface area contributed by atoms with E-state index in [1.165, 1.54) is 43.6 Å². The van der Waals surface area contributed by atoms with Crippen molar-refractivity contribution in [1.29, 1.82) is 0 Å². The van der Waals surface area contributed by atoms with E-state index in [4.69, 9.17) is 11.6 Å². The van der Waals surface area contributed by atoms with Crippen LogP contribution in [0.15, 0.2) is 36.5 Å². The standard InChI is InChI=1S/C19H20ClN3O4/c1-19(2,3)23-17(25)15-9-11(7-8-21-15)16(24)22-14-10-12(18(26)27-4)5-6-13(14)20/h5-10H,1-4H3,(H,22,24)(H,23,25). The van der Waals surface area contributed by atoms with Crippen LogP contribution in [0.3, 0.4) is 0 Å². The number of halogens is 1. The van der Waals surface area contributed by atoms with Gasteiger partial charge in [-0.25, -0.2) is 4.79 Å². The van der Waals surface area contributed by atoms with Gasteiger partial charge in [-0.05, 0) is 51.1 Å². The second kappa shape index (κ2) is 8.18. The summed E-state index contributed by atoms with van der Waals surface area (Å²) in [6.45, 7) is 5.53. The van der Waals surface area contributed by atoms with Crippen molar-refractivity contribution in [1.82, 2.24) is 10.3 Å². The highest BCUT2D eigenvalue weighted by molar-refractivity contribution is 6.34. The van der Waals surface area contributed by atoms with Gasteiger partial charge in [-0.15, -0.1) is 0 Å². The Bertz CT molecular complexity index is 891. The Morgan fingerprint density at radius 1 is 1.04 bits per heavy atom. The minimum Gasteiger partial charge on any atom is -0.465 e. The van der Waals surface area contributed by atoms with Crippen molar-refractivity contribution >= 4 is 35.1 Å². The average molecular weight is 390 g/mol. The summed E-state index contributed by atoms with van der Waals surface area (Å²) in [5, 5.41) is 5.66. The molecule has 0 bridgehead atoms. The number of aromatic nitrogens is 1. The zero-order chi connectivity index (χ0) is 20.2. The molecule has 0 aliphatic heterocycles. The van der Waals surface area contributed by atoms with E-state index in [1.807, 2.05) is 20.8 Å². The molecule has 0 fully saturated rings. The zero-order valence-electron chi connectivity index (χ0n) is 15.4. The molecule has 0 radical (unpaired) electrons. The highest BCUT2D eigenvalue weighted by atomic mass is 35.5. The number of methoxy groups -OCH3 is 1. The molecule has 0 unspecified atom stereocenters. The molecule has 2 amide bonds. The van der Waals surface area contributed by atoms with E-state index in [0.29, 0.717) is 0 Å². The monoisotopic (exact) mass is 389 g/mol. The second-order valence-electron chi connectivity index (χ2n) is 6.77. The minimum absolute atomic E-state index is 0.118. The van der Waals surface area contributed by atoms with Crippen LogP contribution in [0.1, 0.15) is 52.0 Å². The van der Waals surface area contributed by atoms with Crippen LogP contribution in [0.4, 0.5) is 5.69 Å². The van der Waals surface area contributed by atoms with E-state index in [2.05, 4.69) is 20.4 Å². The summed E-state index contributed by atoms with van der Waals surface area (Å²) in [6, 6.07) is 7.25. The van der Waals surface area contributed by atoms with Gasteiger partial charge in [-0.2, -0.15) is 0 Å². The van der Waals surface area contributed by atoms with Crippen molar-refractivity contribution in [2.45, 2.75) is 26.3 Å². The molecule has 0 aliphatic rings. The summed E-state index contributed by atoms with van der Waals surface area (Å²) in [6.07, 6.45) is 1.37. The van der Waals surface area contributed by atoms with Crippen molar-refractivity contribution in [2.75, 3.05) is 12.4 Å². The average Bonchev–Trinajstić information content (AvgIpc) is 2.61. The quantitative estimate of drug-likeness (QED) is 0.782. The number of benzene rings is 1. The summed E-state index contributed by atoms with van der Waals surface area (Å²) < 4.78 is 4.66. The van der Waals surface area contributed by atoms with Crippen molar-refractivity contribution in [3.63, 3.8) is 0 Å². The molecule has 0 spiro atoms. The van der Waals surface area contributed by atoms with E-state index >= 15 is 0 Å². The SMILES string of the molecule is COC(=O)c1ccc(Cl)c(NC(=O)c2ccnc(C(=O)NC(C)(C)C)c2)c1. The lowest BCUT2D eigenvalue weighted by Gasteiger charge is -2.20. The highest BCUT2D eigenvalue weighted by Gasteiger charge is 2.18. The molecule has 142 valence electrons. The summed E-state index contributed by atoms with van der Waals surface area (Å²) in [5.74, 6) is -1.43. The number of hydrogen-bond donors (Lipinski definition) is 2. The van der Waals surface area contributed by atoms with E-state index in [9.17, 15) is 14.4 Å². The van der Waals surface area contributed by atoms with Crippen LogP contribution < -0.4 is 10.6 Å². The number of esters is 1. The molecule has 0 atom stereocenters. The Balaban J connectivity index is 2.23. The molecule has 0 aliphatic carbocycles. The number of nitrogens with zero attached hydrogens (tertiary/aromatic N) is 1. The van der Waals surface area contributed by atoms with Gasteiger partial charge in [0.15, 0.2) is 0 Å². The van der Waals surface area contributed by atoms with Gasteiger partial charge in [-0.3, -0.25) is 14.6 Å². The van der Waals surface area contributed by atoms with E-state index < -0.39 is 17.4 Å². The topological polar surface area (TPSA) is 97.4 Å². The van der Waals surface area contributed by atoms with Crippen molar-refractivity contribution in [2.24, 2.45) is 0 Å². The molecule has 27 heavy (non-hydrogen) atoms. The van der Waals surface area contributed by atoms with E-state index in [0.717, 1.165) is 0 Å². The number of nitrogens with one attached hydrogen (secondary N) is 2. The maximum Gasteiger partial charge on any atom is 0.337 e. The van der Waals surface area contributed by atoms with Gasteiger partial charge >= 0.3 is 5.97 Å². The van der Waals surface area contributed by atoms with Crippen LogP contribution in [-0.2, 0) is 4.74 Å². The third kappa shape index (κ3) is 5.52. The van der Waals surface area contributed by atoms with Crippen LogP contribution in [0.25, 0.3) is 0 Å². The van der Waals surface area contributed by atoms with Crippen molar-refractivity contribution < 1.29 is 19.1 Å². The van der Waals surface area contributed by atoms with Gasteiger partial charge in [-0.1, -0.05) is 11.6 Å². The molecule has 2 rings (SSSR count). The Kier molecular flexibility index (Phi) is 6.17. The van der Waals surface area contributed by atoms with Gasteiger partial charge in [0.2, 0.25) is 0 Å². The number of anilines is 1. The first-order chi connectivity index (χ1) is 12.6. The Morgan fingerprint density at radius 3 is 2.37 bits per heavy atom. The molecule has 1 heterocycles. The fraction of sp³-hybridized carbons (Fsp3) is 0.263. The molecule has 1 aromatic carbocycles. The number of carbonyl (C=O) groups is 3. The van der Waals surface area contributed by atoms with Crippen molar-refractivity contribution in [3.05, 3.63) is 58.4 Å². The number of amides is 2. The fourth-order valence-electron chi connectivity index (χ4n) is 2.16. The fourth-order valence-corrected chi connectivity index (χ4v) is 2.33. The second-order valence-corrected chi connectivity index (χ2v) is 7.18. The number of hydrogen-bond acceptors (Lipinski definition) is 5. The first-order valence-corrected chi connectivity index (χ1v) is 8.46. The first-order valence-electron chi connectivity index (χ1n) is 8.08. The molecular formula is C19H20ClN3O4. The van der Waals surface area contributed by atoms with Crippen LogP contribution in [0.5, 0.6) is 0 Å². The maximum absolute atomic E-state index is 12.5. The molecule has 2 aromatic rings. The number of pyridine rings is 1. The molecule has 7 nitrogen and oxygen atoms in total. The summed E-state index contributed by atoms with van der Waals surface area (Å²) in [7, 11) is 1.26. The molecule has 2 N–H and O–H groups in total. The normalized spacial score (nSPS) is 10.9. The van der Waals surface area contributed by atoms with Crippen LogP contribution in [0, 0.1) is 0 Å². The van der Waals surface area contributed by atoms with Crippen molar-refractivity contribution in [3.8, 4) is 0 Å². The molecule has 8 heteroatoms. The number of ether oxygens (including phenoxy) is 1. The van der Waals surface area contributed by atoms with Crippen LogP contribution in [-0.4, -0.2) is 35.4 Å². The summed E-state index contributed by atoms with van der Waals surface area (Å²) >= 11 is 6.09.